The smallest absolute Gasteiger partial charge is 0.345 e. The number of ether oxygens (including phenoxy) is 1. The van der Waals surface area contributed by atoms with E-state index < -0.39 is 12.1 Å². The first-order valence-electron chi connectivity index (χ1n) is 17.7. The van der Waals surface area contributed by atoms with Crippen molar-refractivity contribution in [3.8, 4) is 0 Å². The molecule has 0 saturated heterocycles. The number of hydrogen-bond acceptors (Lipinski definition) is 3. The molecule has 0 rings (SSSR count). The number of carboxylic acid groups (broad SMARTS) is 1. The highest BCUT2D eigenvalue weighted by molar-refractivity contribution is 5.77. The van der Waals surface area contributed by atoms with E-state index in [2.05, 4.69) is 26.0 Å². The van der Waals surface area contributed by atoms with Gasteiger partial charge in [0.2, 0.25) is 0 Å². The van der Waals surface area contributed by atoms with Crippen molar-refractivity contribution in [1.29, 1.82) is 0 Å². The molecule has 0 saturated carbocycles. The summed E-state index contributed by atoms with van der Waals surface area (Å²) >= 11 is 0. The molecule has 0 heterocycles. The third kappa shape index (κ3) is 29.7. The zero-order valence-corrected chi connectivity index (χ0v) is 26.9. The summed E-state index contributed by atoms with van der Waals surface area (Å²) in [7, 11) is 0. The molecule has 0 fully saturated rings. The first-order chi connectivity index (χ1) is 19.6. The van der Waals surface area contributed by atoms with Crippen LogP contribution in [0, 0.1) is 0 Å². The van der Waals surface area contributed by atoms with Gasteiger partial charge in [0.05, 0.1) is 0 Å². The van der Waals surface area contributed by atoms with Crippen LogP contribution in [0.1, 0.15) is 200 Å². The molecule has 40 heavy (non-hydrogen) atoms. The van der Waals surface area contributed by atoms with Gasteiger partial charge >= 0.3 is 11.9 Å². The number of esters is 1. The Morgan fingerprint density at radius 1 is 0.525 bits per heavy atom. The molecule has 0 aromatic carbocycles. The molecule has 0 aliphatic heterocycles. The van der Waals surface area contributed by atoms with Crippen LogP contribution in [0.15, 0.2) is 12.2 Å². The number of rotatable bonds is 32. The maximum atomic E-state index is 12.1. The minimum atomic E-state index is -1.01. The Kier molecular flexibility index (Phi) is 31.1. The Labute approximate surface area is 249 Å². The van der Waals surface area contributed by atoms with Crippen molar-refractivity contribution in [1.82, 2.24) is 0 Å². The Morgan fingerprint density at radius 3 is 1.30 bits per heavy atom. The summed E-state index contributed by atoms with van der Waals surface area (Å²) in [5.74, 6) is -1.36. The van der Waals surface area contributed by atoms with E-state index in [9.17, 15) is 14.7 Å². The Balaban J connectivity index is 3.56. The van der Waals surface area contributed by atoms with Crippen LogP contribution in [0.2, 0.25) is 0 Å². The standard InChI is InChI=1S/C36H68O4/c1-3-5-7-9-11-13-15-17-18-19-21-22-24-26-28-30-32-34(36(38)39)40-35(37)33-31-29-27-25-23-20-16-14-12-10-8-6-4-2/h14,16,34H,3-13,15,17-33H2,1-2H3,(H,38,39)/b16-14-. The molecule has 0 aliphatic rings. The molecule has 1 unspecified atom stereocenters. The normalized spacial score (nSPS) is 12.2. The SMILES string of the molecule is CCCCCC/C=C\CCCCCCCC(=O)OC(CCCCCCCCCCCCCCCCCC)C(=O)O. The third-order valence-corrected chi connectivity index (χ3v) is 8.01. The first-order valence-corrected chi connectivity index (χ1v) is 17.7. The van der Waals surface area contributed by atoms with Crippen molar-refractivity contribution in [2.24, 2.45) is 0 Å². The summed E-state index contributed by atoms with van der Waals surface area (Å²) in [5.41, 5.74) is 0. The fourth-order valence-electron chi connectivity index (χ4n) is 5.31. The van der Waals surface area contributed by atoms with Crippen LogP contribution in [-0.4, -0.2) is 23.1 Å². The second-order valence-electron chi connectivity index (χ2n) is 12.0. The topological polar surface area (TPSA) is 63.6 Å². The van der Waals surface area contributed by atoms with Crippen molar-refractivity contribution >= 4 is 11.9 Å². The first kappa shape index (κ1) is 38.7. The Morgan fingerprint density at radius 2 is 0.875 bits per heavy atom. The van der Waals surface area contributed by atoms with Gasteiger partial charge in [-0.05, 0) is 44.9 Å². The number of hydrogen-bond donors (Lipinski definition) is 1. The number of aliphatic carboxylic acids is 1. The molecule has 0 aromatic rings. The number of unbranched alkanes of at least 4 members (excludes halogenated alkanes) is 24. The van der Waals surface area contributed by atoms with Gasteiger partial charge < -0.3 is 9.84 Å². The Hall–Kier alpha value is -1.32. The summed E-state index contributed by atoms with van der Waals surface area (Å²) in [6, 6.07) is 0. The highest BCUT2D eigenvalue weighted by atomic mass is 16.6. The van der Waals surface area contributed by atoms with Gasteiger partial charge in [-0.3, -0.25) is 4.79 Å². The van der Waals surface area contributed by atoms with E-state index in [-0.39, 0.29) is 5.97 Å². The van der Waals surface area contributed by atoms with Crippen molar-refractivity contribution in [2.45, 2.75) is 206 Å². The second-order valence-corrected chi connectivity index (χ2v) is 12.0. The monoisotopic (exact) mass is 565 g/mol. The average molecular weight is 565 g/mol. The van der Waals surface area contributed by atoms with Crippen molar-refractivity contribution < 1.29 is 19.4 Å². The van der Waals surface area contributed by atoms with Crippen molar-refractivity contribution in [3.63, 3.8) is 0 Å². The molecule has 1 atom stereocenters. The average Bonchev–Trinajstić information content (AvgIpc) is 2.94. The zero-order valence-electron chi connectivity index (χ0n) is 26.9. The van der Waals surface area contributed by atoms with Crippen LogP contribution >= 0.6 is 0 Å². The molecule has 0 aliphatic carbocycles. The summed E-state index contributed by atoms with van der Waals surface area (Å²) in [6.45, 7) is 4.52. The minimum Gasteiger partial charge on any atom is -0.479 e. The molecule has 0 bridgehead atoms. The molecular formula is C36H68O4. The highest BCUT2D eigenvalue weighted by Crippen LogP contribution is 2.16. The molecule has 0 aromatic heterocycles. The lowest BCUT2D eigenvalue weighted by Gasteiger charge is -2.13. The fraction of sp³-hybridized carbons (Fsp3) is 0.889. The molecule has 4 nitrogen and oxygen atoms in total. The predicted molar refractivity (Wildman–Crippen MR) is 172 cm³/mol. The van der Waals surface area contributed by atoms with Crippen LogP contribution in [0.5, 0.6) is 0 Å². The number of carboxylic acids is 1. The van der Waals surface area contributed by atoms with Crippen LogP contribution in [0.4, 0.5) is 0 Å². The number of allylic oxidation sites excluding steroid dienone is 2. The van der Waals surface area contributed by atoms with E-state index in [0.717, 1.165) is 44.9 Å². The lowest BCUT2D eigenvalue weighted by molar-refractivity contribution is -0.164. The number of carbonyl (C=O) groups excluding carboxylic acids is 1. The Bertz CT molecular complexity index is 571. The van der Waals surface area contributed by atoms with Gasteiger partial charge in [0.15, 0.2) is 6.10 Å². The van der Waals surface area contributed by atoms with E-state index in [1.807, 2.05) is 0 Å². The summed E-state index contributed by atoms with van der Waals surface area (Å²) in [4.78, 5) is 23.7. The summed E-state index contributed by atoms with van der Waals surface area (Å²) in [6.07, 6.45) is 38.1. The molecule has 236 valence electrons. The summed E-state index contributed by atoms with van der Waals surface area (Å²) in [5, 5.41) is 9.45. The minimum absolute atomic E-state index is 0.334. The molecule has 1 N–H and O–H groups in total. The molecule has 4 heteroatoms. The van der Waals surface area contributed by atoms with Gasteiger partial charge in [-0.15, -0.1) is 0 Å². The van der Waals surface area contributed by atoms with Gasteiger partial charge in [-0.25, -0.2) is 4.79 Å². The summed E-state index contributed by atoms with van der Waals surface area (Å²) < 4.78 is 5.30. The molecule has 0 radical (unpaired) electrons. The lowest BCUT2D eigenvalue weighted by atomic mass is 10.0. The molecule has 0 spiro atoms. The van der Waals surface area contributed by atoms with E-state index in [4.69, 9.17) is 4.74 Å². The maximum Gasteiger partial charge on any atom is 0.345 e. The zero-order chi connectivity index (χ0) is 29.4. The maximum absolute atomic E-state index is 12.1. The largest absolute Gasteiger partial charge is 0.479 e. The van der Waals surface area contributed by atoms with Crippen LogP contribution in [0.3, 0.4) is 0 Å². The van der Waals surface area contributed by atoms with E-state index in [1.165, 1.54) is 128 Å². The van der Waals surface area contributed by atoms with E-state index in [0.29, 0.717) is 12.8 Å². The lowest BCUT2D eigenvalue weighted by Crippen LogP contribution is -2.27. The van der Waals surface area contributed by atoms with Crippen molar-refractivity contribution in [3.05, 3.63) is 12.2 Å². The van der Waals surface area contributed by atoms with Crippen molar-refractivity contribution in [2.75, 3.05) is 0 Å². The van der Waals surface area contributed by atoms with Crippen LogP contribution in [-0.2, 0) is 14.3 Å². The van der Waals surface area contributed by atoms with Gasteiger partial charge in [0.25, 0.3) is 0 Å². The third-order valence-electron chi connectivity index (χ3n) is 8.01. The quantitative estimate of drug-likeness (QED) is 0.0501. The number of carbonyl (C=O) groups is 2. The second kappa shape index (κ2) is 32.2. The van der Waals surface area contributed by atoms with E-state index >= 15 is 0 Å². The molecule has 0 amide bonds. The van der Waals surface area contributed by atoms with Gasteiger partial charge in [-0.1, -0.05) is 161 Å². The van der Waals surface area contributed by atoms with Gasteiger partial charge in [-0.2, -0.15) is 0 Å². The van der Waals surface area contributed by atoms with E-state index in [1.54, 1.807) is 0 Å². The highest BCUT2D eigenvalue weighted by Gasteiger charge is 2.21. The van der Waals surface area contributed by atoms with Gasteiger partial charge in [0, 0.05) is 6.42 Å². The van der Waals surface area contributed by atoms with Gasteiger partial charge in [0.1, 0.15) is 0 Å². The van der Waals surface area contributed by atoms with Crippen LogP contribution < -0.4 is 0 Å². The predicted octanol–water partition coefficient (Wildman–Crippen LogP) is 11.9. The fourth-order valence-corrected chi connectivity index (χ4v) is 5.31. The molecular weight excluding hydrogens is 496 g/mol. The van der Waals surface area contributed by atoms with Crippen LogP contribution in [0.25, 0.3) is 0 Å².